The SMILES string of the molecule is CCN(Cc1ccc(C(=O)N(C)C)cc1)C(=O)CCc1ccccn1. The van der Waals surface area contributed by atoms with Gasteiger partial charge in [0.05, 0.1) is 0 Å². The molecule has 0 radical (unpaired) electrons. The van der Waals surface area contributed by atoms with E-state index < -0.39 is 0 Å². The number of benzene rings is 1. The number of aryl methyl sites for hydroxylation is 1. The zero-order valence-electron chi connectivity index (χ0n) is 15.1. The highest BCUT2D eigenvalue weighted by molar-refractivity contribution is 5.93. The third-order valence-corrected chi connectivity index (χ3v) is 4.04. The van der Waals surface area contributed by atoms with Crippen LogP contribution in [0.5, 0.6) is 0 Å². The zero-order valence-corrected chi connectivity index (χ0v) is 15.1. The molecule has 0 bridgehead atoms. The Balaban J connectivity index is 1.94. The molecule has 0 spiro atoms. The summed E-state index contributed by atoms with van der Waals surface area (Å²) in [6, 6.07) is 13.2. The molecule has 0 aliphatic heterocycles. The summed E-state index contributed by atoms with van der Waals surface area (Å²) in [6.45, 7) is 3.18. The number of aromatic nitrogens is 1. The van der Waals surface area contributed by atoms with Gasteiger partial charge in [-0.15, -0.1) is 0 Å². The van der Waals surface area contributed by atoms with Gasteiger partial charge >= 0.3 is 0 Å². The van der Waals surface area contributed by atoms with Gasteiger partial charge < -0.3 is 9.80 Å². The van der Waals surface area contributed by atoms with Crippen LogP contribution in [0.3, 0.4) is 0 Å². The van der Waals surface area contributed by atoms with Gasteiger partial charge in [-0.2, -0.15) is 0 Å². The Bertz CT molecular complexity index is 697. The van der Waals surface area contributed by atoms with Gasteiger partial charge in [0.1, 0.15) is 0 Å². The molecule has 2 rings (SSSR count). The summed E-state index contributed by atoms with van der Waals surface area (Å²) in [4.78, 5) is 32.0. The second-order valence-electron chi connectivity index (χ2n) is 6.13. The van der Waals surface area contributed by atoms with Gasteiger partial charge in [-0.05, 0) is 43.2 Å². The lowest BCUT2D eigenvalue weighted by Gasteiger charge is -2.21. The number of rotatable bonds is 7. The highest BCUT2D eigenvalue weighted by Crippen LogP contribution is 2.11. The summed E-state index contributed by atoms with van der Waals surface area (Å²) in [7, 11) is 3.46. The molecule has 2 aromatic rings. The fourth-order valence-electron chi connectivity index (χ4n) is 2.55. The Labute approximate surface area is 149 Å². The molecule has 5 nitrogen and oxygen atoms in total. The molecule has 0 aliphatic carbocycles. The van der Waals surface area contributed by atoms with Crippen molar-refractivity contribution in [1.82, 2.24) is 14.8 Å². The quantitative estimate of drug-likeness (QED) is 0.779. The van der Waals surface area contributed by atoms with Gasteiger partial charge in [-0.1, -0.05) is 18.2 Å². The van der Waals surface area contributed by atoms with E-state index in [1.807, 2.05) is 54.3 Å². The molecular formula is C20H25N3O2. The minimum Gasteiger partial charge on any atom is -0.345 e. The summed E-state index contributed by atoms with van der Waals surface area (Å²) in [5, 5.41) is 0. The molecular weight excluding hydrogens is 314 g/mol. The molecule has 0 saturated carbocycles. The summed E-state index contributed by atoms with van der Waals surface area (Å²) < 4.78 is 0. The number of carbonyl (C=O) groups excluding carboxylic acids is 2. The van der Waals surface area contributed by atoms with Crippen LogP contribution in [-0.4, -0.2) is 47.2 Å². The Kier molecular flexibility index (Phi) is 6.69. The number of hydrogen-bond donors (Lipinski definition) is 0. The fraction of sp³-hybridized carbons (Fsp3) is 0.350. The van der Waals surface area contributed by atoms with E-state index in [9.17, 15) is 9.59 Å². The number of hydrogen-bond acceptors (Lipinski definition) is 3. The molecule has 1 aromatic heterocycles. The minimum absolute atomic E-state index is 0.0228. The molecule has 0 unspecified atom stereocenters. The molecule has 0 aliphatic rings. The summed E-state index contributed by atoms with van der Waals surface area (Å²) in [6.07, 6.45) is 2.84. The first-order valence-electron chi connectivity index (χ1n) is 8.49. The predicted molar refractivity (Wildman–Crippen MR) is 98.1 cm³/mol. The van der Waals surface area contributed by atoms with Crippen molar-refractivity contribution in [3.05, 3.63) is 65.5 Å². The first-order chi connectivity index (χ1) is 12.0. The van der Waals surface area contributed by atoms with E-state index in [1.54, 1.807) is 25.2 Å². The molecule has 0 atom stereocenters. The largest absolute Gasteiger partial charge is 0.345 e. The Morgan fingerprint density at radius 1 is 1.04 bits per heavy atom. The Morgan fingerprint density at radius 2 is 1.76 bits per heavy atom. The molecule has 1 heterocycles. The van der Waals surface area contributed by atoms with Crippen LogP contribution in [0.1, 0.15) is 35.0 Å². The monoisotopic (exact) mass is 339 g/mol. The molecule has 5 heteroatoms. The smallest absolute Gasteiger partial charge is 0.253 e. The fourth-order valence-corrected chi connectivity index (χ4v) is 2.55. The standard InChI is InChI=1S/C20H25N3O2/c1-4-23(19(24)13-12-18-7-5-6-14-21-18)15-16-8-10-17(11-9-16)20(25)22(2)3/h5-11,14H,4,12-13,15H2,1-3H3. The maximum absolute atomic E-state index is 12.5. The van der Waals surface area contributed by atoms with Crippen molar-refractivity contribution in [2.75, 3.05) is 20.6 Å². The van der Waals surface area contributed by atoms with Crippen LogP contribution in [0.25, 0.3) is 0 Å². The van der Waals surface area contributed by atoms with Gasteiger partial charge in [-0.25, -0.2) is 0 Å². The van der Waals surface area contributed by atoms with Crippen molar-refractivity contribution in [3.63, 3.8) is 0 Å². The van der Waals surface area contributed by atoms with Gasteiger partial charge in [0.2, 0.25) is 5.91 Å². The maximum Gasteiger partial charge on any atom is 0.253 e. The lowest BCUT2D eigenvalue weighted by Crippen LogP contribution is -2.30. The third-order valence-electron chi connectivity index (χ3n) is 4.04. The van der Waals surface area contributed by atoms with E-state index in [0.29, 0.717) is 31.5 Å². The minimum atomic E-state index is -0.0228. The van der Waals surface area contributed by atoms with Crippen molar-refractivity contribution in [2.24, 2.45) is 0 Å². The number of carbonyl (C=O) groups is 2. The van der Waals surface area contributed by atoms with Crippen molar-refractivity contribution < 1.29 is 9.59 Å². The second kappa shape index (κ2) is 8.97. The molecule has 0 saturated heterocycles. The molecule has 25 heavy (non-hydrogen) atoms. The molecule has 1 aromatic carbocycles. The lowest BCUT2D eigenvalue weighted by atomic mass is 10.1. The van der Waals surface area contributed by atoms with E-state index in [1.165, 1.54) is 0 Å². The first kappa shape index (κ1) is 18.6. The van der Waals surface area contributed by atoms with Gasteiger partial charge in [0, 0.05) is 51.1 Å². The summed E-state index contributed by atoms with van der Waals surface area (Å²) >= 11 is 0. The van der Waals surface area contributed by atoms with Crippen molar-refractivity contribution in [1.29, 1.82) is 0 Å². The highest BCUT2D eigenvalue weighted by Gasteiger charge is 2.13. The summed E-state index contributed by atoms with van der Waals surface area (Å²) in [5.74, 6) is 0.0898. The topological polar surface area (TPSA) is 53.5 Å². The van der Waals surface area contributed by atoms with E-state index >= 15 is 0 Å². The van der Waals surface area contributed by atoms with E-state index in [2.05, 4.69) is 4.98 Å². The van der Waals surface area contributed by atoms with Crippen LogP contribution < -0.4 is 0 Å². The third kappa shape index (κ3) is 5.41. The van der Waals surface area contributed by atoms with Gasteiger partial charge in [-0.3, -0.25) is 14.6 Å². The first-order valence-corrected chi connectivity index (χ1v) is 8.49. The van der Waals surface area contributed by atoms with Crippen LogP contribution in [0.2, 0.25) is 0 Å². The van der Waals surface area contributed by atoms with Crippen LogP contribution in [0.4, 0.5) is 0 Å². The molecule has 132 valence electrons. The maximum atomic E-state index is 12.5. The zero-order chi connectivity index (χ0) is 18.2. The Morgan fingerprint density at radius 3 is 2.32 bits per heavy atom. The average molecular weight is 339 g/mol. The van der Waals surface area contributed by atoms with Crippen molar-refractivity contribution in [2.45, 2.75) is 26.3 Å². The highest BCUT2D eigenvalue weighted by atomic mass is 16.2. The average Bonchev–Trinajstić information content (AvgIpc) is 2.64. The number of pyridine rings is 1. The number of amides is 2. The van der Waals surface area contributed by atoms with Crippen LogP contribution in [-0.2, 0) is 17.8 Å². The van der Waals surface area contributed by atoms with E-state index in [-0.39, 0.29) is 11.8 Å². The lowest BCUT2D eigenvalue weighted by molar-refractivity contribution is -0.131. The van der Waals surface area contributed by atoms with Crippen LogP contribution in [0, 0.1) is 0 Å². The van der Waals surface area contributed by atoms with Crippen LogP contribution in [0.15, 0.2) is 48.7 Å². The number of nitrogens with zero attached hydrogens (tertiary/aromatic N) is 3. The van der Waals surface area contributed by atoms with Gasteiger partial charge in [0.25, 0.3) is 5.91 Å². The predicted octanol–water partition coefficient (Wildman–Crippen LogP) is 2.76. The summed E-state index contributed by atoms with van der Waals surface area (Å²) in [5.41, 5.74) is 2.60. The molecule has 0 N–H and O–H groups in total. The molecule has 2 amide bonds. The van der Waals surface area contributed by atoms with Crippen LogP contribution >= 0.6 is 0 Å². The van der Waals surface area contributed by atoms with Crippen molar-refractivity contribution in [3.8, 4) is 0 Å². The molecule has 0 fully saturated rings. The Hall–Kier alpha value is -2.69. The van der Waals surface area contributed by atoms with Crippen molar-refractivity contribution >= 4 is 11.8 Å². The normalized spacial score (nSPS) is 10.4. The van der Waals surface area contributed by atoms with Gasteiger partial charge in [0.15, 0.2) is 0 Å². The second-order valence-corrected chi connectivity index (χ2v) is 6.13. The van der Waals surface area contributed by atoms with E-state index in [4.69, 9.17) is 0 Å². The van der Waals surface area contributed by atoms with E-state index in [0.717, 1.165) is 11.3 Å².